The van der Waals surface area contributed by atoms with E-state index in [2.05, 4.69) is 9.97 Å². The summed E-state index contributed by atoms with van der Waals surface area (Å²) in [6.07, 6.45) is 0. The lowest BCUT2D eigenvalue weighted by atomic mass is 10.3. The normalized spacial score (nSPS) is 11.3. The molecule has 0 atom stereocenters. The summed E-state index contributed by atoms with van der Waals surface area (Å²) in [5.74, 6) is 1.68. The summed E-state index contributed by atoms with van der Waals surface area (Å²) in [6.45, 7) is 4.04. The number of aryl methyl sites for hydroxylation is 2. The van der Waals surface area contributed by atoms with Crippen LogP contribution in [0, 0.1) is 13.8 Å². The van der Waals surface area contributed by atoms with Gasteiger partial charge in [-0.25, -0.2) is 9.97 Å². The van der Waals surface area contributed by atoms with Gasteiger partial charge < -0.3 is 4.74 Å². The van der Waals surface area contributed by atoms with Crippen molar-refractivity contribution in [3.8, 4) is 11.5 Å². The minimum absolute atomic E-state index is 0.840. The van der Waals surface area contributed by atoms with Crippen LogP contribution in [0.3, 0.4) is 0 Å². The Morgan fingerprint density at radius 3 is 1.71 bits per heavy atom. The maximum atomic E-state index is 5.97. The Hall–Kier alpha value is -1.98. The van der Waals surface area contributed by atoms with Gasteiger partial charge in [-0.1, -0.05) is 0 Å². The molecule has 0 aliphatic rings. The zero-order valence-electron chi connectivity index (χ0n) is 11.6. The van der Waals surface area contributed by atoms with Crippen LogP contribution in [-0.4, -0.2) is 9.97 Å². The number of fused-ring (bicyclic) bond motifs is 2. The van der Waals surface area contributed by atoms with Gasteiger partial charge in [-0.05, 0) is 38.1 Å². The number of aromatic nitrogens is 2. The fourth-order valence-electron chi connectivity index (χ4n) is 2.30. The first kappa shape index (κ1) is 12.7. The summed E-state index contributed by atoms with van der Waals surface area (Å²) in [7, 11) is 0. The Morgan fingerprint density at radius 2 is 1.24 bits per heavy atom. The molecule has 4 aromatic rings. The van der Waals surface area contributed by atoms with Gasteiger partial charge in [0.15, 0.2) is 0 Å². The fourth-order valence-corrected chi connectivity index (χ4v) is 4.01. The van der Waals surface area contributed by atoms with Crippen LogP contribution in [0.5, 0.6) is 11.5 Å². The van der Waals surface area contributed by atoms with E-state index in [0.29, 0.717) is 0 Å². The van der Waals surface area contributed by atoms with Crippen LogP contribution in [0.2, 0.25) is 0 Å². The average Bonchev–Trinajstić information content (AvgIpc) is 2.98. The Kier molecular flexibility index (Phi) is 2.90. The highest BCUT2D eigenvalue weighted by atomic mass is 32.1. The molecule has 0 radical (unpaired) electrons. The minimum Gasteiger partial charge on any atom is -0.457 e. The lowest BCUT2D eigenvalue weighted by molar-refractivity contribution is 0.484. The summed E-state index contributed by atoms with van der Waals surface area (Å²) in [5, 5.41) is 2.15. The summed E-state index contributed by atoms with van der Waals surface area (Å²) in [6, 6.07) is 12.0. The van der Waals surface area contributed by atoms with Crippen molar-refractivity contribution in [2.75, 3.05) is 0 Å². The molecule has 21 heavy (non-hydrogen) atoms. The Labute approximate surface area is 129 Å². The van der Waals surface area contributed by atoms with Crippen molar-refractivity contribution in [1.82, 2.24) is 9.97 Å². The lowest BCUT2D eigenvalue weighted by Crippen LogP contribution is -1.83. The average molecular weight is 312 g/mol. The number of benzene rings is 2. The lowest BCUT2D eigenvalue weighted by Gasteiger charge is -2.05. The van der Waals surface area contributed by atoms with Gasteiger partial charge >= 0.3 is 0 Å². The molecule has 0 spiro atoms. The van der Waals surface area contributed by atoms with Gasteiger partial charge in [0, 0.05) is 12.1 Å². The number of rotatable bonds is 2. The maximum Gasteiger partial charge on any atom is 0.128 e. The molecule has 0 saturated carbocycles. The molecule has 4 rings (SSSR count). The first-order chi connectivity index (χ1) is 10.2. The third kappa shape index (κ3) is 2.39. The van der Waals surface area contributed by atoms with Crippen molar-refractivity contribution in [3.63, 3.8) is 0 Å². The quantitative estimate of drug-likeness (QED) is 0.503. The first-order valence-electron chi connectivity index (χ1n) is 6.60. The number of nitrogens with zero attached hydrogens (tertiary/aromatic N) is 2. The predicted octanol–water partition coefficient (Wildman–Crippen LogP) is 5.32. The van der Waals surface area contributed by atoms with E-state index in [4.69, 9.17) is 4.74 Å². The van der Waals surface area contributed by atoms with Crippen LogP contribution in [0.15, 0.2) is 36.4 Å². The zero-order chi connectivity index (χ0) is 14.4. The van der Waals surface area contributed by atoms with Crippen LogP contribution in [0.1, 0.15) is 10.0 Å². The zero-order valence-corrected chi connectivity index (χ0v) is 13.2. The van der Waals surface area contributed by atoms with E-state index in [1.807, 2.05) is 50.2 Å². The topological polar surface area (TPSA) is 35.0 Å². The van der Waals surface area contributed by atoms with Gasteiger partial charge in [0.25, 0.3) is 0 Å². The van der Waals surface area contributed by atoms with Gasteiger partial charge in [-0.3, -0.25) is 0 Å². The van der Waals surface area contributed by atoms with Crippen LogP contribution in [0.25, 0.3) is 20.4 Å². The molecule has 0 aliphatic heterocycles. The molecule has 2 heterocycles. The van der Waals surface area contributed by atoms with Crippen molar-refractivity contribution < 1.29 is 4.74 Å². The molecule has 2 aromatic heterocycles. The second kappa shape index (κ2) is 4.79. The highest BCUT2D eigenvalue weighted by molar-refractivity contribution is 7.18. The third-order valence-electron chi connectivity index (χ3n) is 3.17. The van der Waals surface area contributed by atoms with Gasteiger partial charge in [-0.15, -0.1) is 22.7 Å². The highest BCUT2D eigenvalue weighted by Crippen LogP contribution is 2.31. The van der Waals surface area contributed by atoms with Gasteiger partial charge in [0.05, 0.1) is 30.4 Å². The van der Waals surface area contributed by atoms with E-state index in [9.17, 15) is 0 Å². The summed E-state index contributed by atoms with van der Waals surface area (Å²) < 4.78 is 8.28. The maximum absolute atomic E-state index is 5.97. The molecule has 0 fully saturated rings. The number of hydrogen-bond donors (Lipinski definition) is 0. The standard InChI is InChI=1S/C16H12N2OS2/c1-9-17-13-5-3-11(7-15(13)20-9)19-12-4-6-14-16(8-12)21-10(2)18-14/h3-8H,1-2H3. The van der Waals surface area contributed by atoms with Crippen molar-refractivity contribution in [1.29, 1.82) is 0 Å². The van der Waals surface area contributed by atoms with Crippen molar-refractivity contribution in [2.45, 2.75) is 13.8 Å². The molecular formula is C16H12N2OS2. The smallest absolute Gasteiger partial charge is 0.128 e. The fraction of sp³-hybridized carbons (Fsp3) is 0.125. The number of thiazole rings is 2. The minimum atomic E-state index is 0.840. The van der Waals surface area contributed by atoms with Crippen molar-refractivity contribution in [2.24, 2.45) is 0 Å². The molecule has 0 aliphatic carbocycles. The molecule has 3 nitrogen and oxygen atoms in total. The predicted molar refractivity (Wildman–Crippen MR) is 88.8 cm³/mol. The molecule has 0 amide bonds. The monoisotopic (exact) mass is 312 g/mol. The molecule has 0 unspecified atom stereocenters. The van der Waals surface area contributed by atoms with E-state index in [1.54, 1.807) is 22.7 Å². The van der Waals surface area contributed by atoms with E-state index in [0.717, 1.165) is 41.9 Å². The second-order valence-electron chi connectivity index (χ2n) is 4.83. The summed E-state index contributed by atoms with van der Waals surface area (Å²) >= 11 is 3.37. The number of hydrogen-bond acceptors (Lipinski definition) is 5. The van der Waals surface area contributed by atoms with Crippen LogP contribution in [-0.2, 0) is 0 Å². The first-order valence-corrected chi connectivity index (χ1v) is 8.23. The Bertz CT molecular complexity index is 877. The molecule has 5 heteroatoms. The van der Waals surface area contributed by atoms with Crippen molar-refractivity contribution in [3.05, 3.63) is 46.4 Å². The third-order valence-corrected chi connectivity index (χ3v) is 5.04. The molecular weight excluding hydrogens is 300 g/mol. The summed E-state index contributed by atoms with van der Waals surface area (Å²) in [4.78, 5) is 8.92. The Balaban J connectivity index is 1.70. The van der Waals surface area contributed by atoms with E-state index in [1.165, 1.54) is 0 Å². The van der Waals surface area contributed by atoms with E-state index in [-0.39, 0.29) is 0 Å². The second-order valence-corrected chi connectivity index (χ2v) is 7.30. The van der Waals surface area contributed by atoms with Crippen LogP contribution < -0.4 is 4.74 Å². The van der Waals surface area contributed by atoms with Crippen molar-refractivity contribution >= 4 is 43.1 Å². The van der Waals surface area contributed by atoms with Gasteiger partial charge in [-0.2, -0.15) is 0 Å². The SMILES string of the molecule is Cc1nc2ccc(Oc3ccc4nc(C)sc4c3)cc2s1. The molecule has 0 bridgehead atoms. The van der Waals surface area contributed by atoms with E-state index < -0.39 is 0 Å². The summed E-state index contributed by atoms with van der Waals surface area (Å²) in [5.41, 5.74) is 2.05. The van der Waals surface area contributed by atoms with Crippen LogP contribution in [0.4, 0.5) is 0 Å². The largest absolute Gasteiger partial charge is 0.457 e. The molecule has 2 aromatic carbocycles. The molecule has 0 saturated heterocycles. The Morgan fingerprint density at radius 1 is 0.762 bits per heavy atom. The van der Waals surface area contributed by atoms with Gasteiger partial charge in [0.2, 0.25) is 0 Å². The van der Waals surface area contributed by atoms with Gasteiger partial charge in [0.1, 0.15) is 11.5 Å². The molecule has 104 valence electrons. The number of ether oxygens (including phenoxy) is 1. The van der Waals surface area contributed by atoms with Crippen LogP contribution >= 0.6 is 22.7 Å². The molecule has 0 N–H and O–H groups in total. The van der Waals surface area contributed by atoms with E-state index >= 15 is 0 Å². The highest BCUT2D eigenvalue weighted by Gasteiger charge is 2.06.